The Balaban J connectivity index is 1.87. The molecule has 0 atom stereocenters. The number of aryl methyl sites for hydroxylation is 1. The summed E-state index contributed by atoms with van der Waals surface area (Å²) in [5.41, 5.74) is 3.06. The smallest absolute Gasteiger partial charge is 0.176 e. The number of fused-ring (bicyclic) bond motifs is 3. The van der Waals surface area contributed by atoms with E-state index in [2.05, 4.69) is 20.5 Å². The van der Waals surface area contributed by atoms with E-state index in [1.54, 1.807) is 15.4 Å². The van der Waals surface area contributed by atoms with E-state index >= 15 is 0 Å². The van der Waals surface area contributed by atoms with Gasteiger partial charge in [0, 0.05) is 11.6 Å². The van der Waals surface area contributed by atoms with Crippen LogP contribution in [0.4, 0.5) is 11.5 Å². The summed E-state index contributed by atoms with van der Waals surface area (Å²) in [4.78, 5) is 4.65. The van der Waals surface area contributed by atoms with Crippen LogP contribution in [0.5, 0.6) is 0 Å². The number of aliphatic hydroxyl groups is 1. The lowest BCUT2D eigenvalue weighted by Crippen LogP contribution is -2.02. The normalized spacial score (nSPS) is 11.5. The van der Waals surface area contributed by atoms with Crippen molar-refractivity contribution < 1.29 is 5.11 Å². The molecule has 0 bridgehead atoms. The van der Waals surface area contributed by atoms with Crippen molar-refractivity contribution in [3.05, 3.63) is 47.4 Å². The first-order valence-electron chi connectivity index (χ1n) is 7.51. The summed E-state index contributed by atoms with van der Waals surface area (Å²) in [5, 5.41) is 22.4. The third-order valence-corrected chi connectivity index (χ3v) is 4.24. The van der Waals surface area contributed by atoms with Crippen LogP contribution in [0.2, 0.25) is 5.02 Å². The fourth-order valence-corrected chi connectivity index (χ4v) is 2.83. The second kappa shape index (κ2) is 5.77. The van der Waals surface area contributed by atoms with Crippen molar-refractivity contribution in [1.29, 1.82) is 0 Å². The molecule has 3 aromatic heterocycles. The Kier molecular flexibility index (Phi) is 3.59. The molecule has 0 aliphatic rings. The van der Waals surface area contributed by atoms with Crippen molar-refractivity contribution in [2.75, 3.05) is 11.9 Å². The van der Waals surface area contributed by atoms with Gasteiger partial charge in [-0.15, -0.1) is 0 Å². The lowest BCUT2D eigenvalue weighted by atomic mass is 10.2. The van der Waals surface area contributed by atoms with Crippen LogP contribution in [-0.4, -0.2) is 36.1 Å². The molecule has 0 aliphatic heterocycles. The number of anilines is 2. The van der Waals surface area contributed by atoms with Gasteiger partial charge in [-0.3, -0.25) is 4.68 Å². The molecule has 0 spiro atoms. The van der Waals surface area contributed by atoms with E-state index in [1.807, 2.05) is 37.4 Å². The largest absolute Gasteiger partial charge is 0.394 e. The average molecular weight is 343 g/mol. The minimum Gasteiger partial charge on any atom is -0.394 e. The summed E-state index contributed by atoms with van der Waals surface area (Å²) in [6.45, 7) is 2.35. The molecular weight excluding hydrogens is 328 g/mol. The maximum Gasteiger partial charge on any atom is 0.176 e. The molecule has 4 rings (SSSR count). The van der Waals surface area contributed by atoms with Crippen LogP contribution in [0.1, 0.15) is 5.69 Å². The monoisotopic (exact) mass is 342 g/mol. The van der Waals surface area contributed by atoms with Crippen LogP contribution >= 0.6 is 11.6 Å². The number of nitrogens with one attached hydrogen (secondary N) is 1. The summed E-state index contributed by atoms with van der Waals surface area (Å²) < 4.78 is 3.42. The number of benzene rings is 1. The molecule has 0 aliphatic carbocycles. The molecule has 8 heteroatoms. The molecule has 2 N–H and O–H groups in total. The van der Waals surface area contributed by atoms with Crippen molar-refractivity contribution in [3.63, 3.8) is 0 Å². The summed E-state index contributed by atoms with van der Waals surface area (Å²) in [5.74, 6) is 0.684. The molecular formula is C16H15ClN6O. The Morgan fingerprint density at radius 1 is 1.29 bits per heavy atom. The Morgan fingerprint density at radius 3 is 2.96 bits per heavy atom. The van der Waals surface area contributed by atoms with E-state index in [-0.39, 0.29) is 6.61 Å². The lowest BCUT2D eigenvalue weighted by Gasteiger charge is -2.09. The predicted octanol–water partition coefficient (Wildman–Crippen LogP) is 2.78. The van der Waals surface area contributed by atoms with Crippen molar-refractivity contribution in [3.8, 4) is 0 Å². The highest BCUT2D eigenvalue weighted by Gasteiger charge is 2.15. The van der Waals surface area contributed by atoms with E-state index in [4.69, 9.17) is 16.7 Å². The maximum absolute atomic E-state index is 8.99. The van der Waals surface area contributed by atoms with Crippen LogP contribution in [0.15, 0.2) is 36.7 Å². The SMILES string of the molecule is Cc1nn2c(nc(Nc3cnn(CCO)c3)c3ccccc32)c1Cl. The highest BCUT2D eigenvalue weighted by Crippen LogP contribution is 2.29. The quantitative estimate of drug-likeness (QED) is 0.596. The fourth-order valence-electron chi connectivity index (χ4n) is 2.67. The van der Waals surface area contributed by atoms with E-state index in [0.717, 1.165) is 22.3 Å². The molecule has 0 unspecified atom stereocenters. The summed E-state index contributed by atoms with van der Waals surface area (Å²) >= 11 is 6.34. The van der Waals surface area contributed by atoms with E-state index in [9.17, 15) is 0 Å². The molecule has 4 aromatic rings. The van der Waals surface area contributed by atoms with Gasteiger partial charge in [0.2, 0.25) is 0 Å². The maximum atomic E-state index is 8.99. The number of para-hydroxylation sites is 1. The summed E-state index contributed by atoms with van der Waals surface area (Å²) in [6.07, 6.45) is 3.51. The Labute approximate surface area is 142 Å². The van der Waals surface area contributed by atoms with Gasteiger partial charge in [-0.1, -0.05) is 23.7 Å². The molecule has 0 radical (unpaired) electrons. The van der Waals surface area contributed by atoms with Crippen molar-refractivity contribution >= 4 is 39.7 Å². The predicted molar refractivity (Wildman–Crippen MR) is 92.8 cm³/mol. The van der Waals surface area contributed by atoms with Crippen molar-refractivity contribution in [2.24, 2.45) is 0 Å². The third kappa shape index (κ3) is 2.38. The van der Waals surface area contributed by atoms with Gasteiger partial charge >= 0.3 is 0 Å². The van der Waals surface area contributed by atoms with Crippen LogP contribution in [0.25, 0.3) is 16.6 Å². The Hall–Kier alpha value is -2.64. The van der Waals surface area contributed by atoms with Crippen LogP contribution in [-0.2, 0) is 6.54 Å². The average Bonchev–Trinajstić information content (AvgIpc) is 3.14. The molecule has 122 valence electrons. The van der Waals surface area contributed by atoms with Gasteiger partial charge in [0.1, 0.15) is 10.8 Å². The van der Waals surface area contributed by atoms with Gasteiger partial charge in [0.05, 0.1) is 36.2 Å². The van der Waals surface area contributed by atoms with Crippen LogP contribution in [0.3, 0.4) is 0 Å². The van der Waals surface area contributed by atoms with E-state index in [0.29, 0.717) is 23.0 Å². The molecule has 24 heavy (non-hydrogen) atoms. The van der Waals surface area contributed by atoms with Gasteiger partial charge in [0.15, 0.2) is 5.65 Å². The van der Waals surface area contributed by atoms with E-state index < -0.39 is 0 Å². The zero-order valence-corrected chi connectivity index (χ0v) is 13.7. The van der Waals surface area contributed by atoms with Crippen molar-refractivity contribution in [2.45, 2.75) is 13.5 Å². The minimum absolute atomic E-state index is 0.0406. The van der Waals surface area contributed by atoms with Crippen LogP contribution in [0, 0.1) is 6.92 Å². The Bertz CT molecular complexity index is 1040. The molecule has 0 fully saturated rings. The standard InChI is InChI=1S/C16H15ClN6O/c1-10-14(17)16-20-15(19-11-8-18-22(9-11)6-7-24)12-4-2-3-5-13(12)23(16)21-10/h2-5,8-9,24H,6-7H2,1H3,(H,19,20). The van der Waals surface area contributed by atoms with Gasteiger partial charge < -0.3 is 10.4 Å². The number of halogens is 1. The number of rotatable bonds is 4. The number of aliphatic hydroxyl groups excluding tert-OH is 1. The first-order chi connectivity index (χ1) is 11.7. The number of hydrogen-bond acceptors (Lipinski definition) is 5. The molecule has 0 saturated carbocycles. The van der Waals surface area contributed by atoms with Crippen molar-refractivity contribution in [1.82, 2.24) is 24.4 Å². The summed E-state index contributed by atoms with van der Waals surface area (Å²) in [7, 11) is 0. The molecule has 0 saturated heterocycles. The second-order valence-electron chi connectivity index (χ2n) is 5.45. The minimum atomic E-state index is 0.0406. The summed E-state index contributed by atoms with van der Waals surface area (Å²) in [6, 6.07) is 7.87. The number of nitrogens with zero attached hydrogens (tertiary/aromatic N) is 5. The zero-order valence-electron chi connectivity index (χ0n) is 12.9. The fraction of sp³-hybridized carbons (Fsp3) is 0.188. The molecule has 1 aromatic carbocycles. The third-order valence-electron chi connectivity index (χ3n) is 3.79. The topological polar surface area (TPSA) is 80.3 Å². The molecule has 3 heterocycles. The molecule has 7 nitrogen and oxygen atoms in total. The van der Waals surface area contributed by atoms with Gasteiger partial charge in [-0.25, -0.2) is 9.50 Å². The number of aromatic nitrogens is 5. The second-order valence-corrected chi connectivity index (χ2v) is 5.83. The van der Waals surface area contributed by atoms with Gasteiger partial charge in [0.25, 0.3) is 0 Å². The highest BCUT2D eigenvalue weighted by molar-refractivity contribution is 6.34. The Morgan fingerprint density at radius 2 is 2.12 bits per heavy atom. The highest BCUT2D eigenvalue weighted by atomic mass is 35.5. The van der Waals surface area contributed by atoms with Gasteiger partial charge in [-0.2, -0.15) is 10.2 Å². The first-order valence-corrected chi connectivity index (χ1v) is 7.89. The van der Waals surface area contributed by atoms with Crippen LogP contribution < -0.4 is 5.32 Å². The lowest BCUT2D eigenvalue weighted by molar-refractivity contribution is 0.269. The van der Waals surface area contributed by atoms with Gasteiger partial charge in [-0.05, 0) is 19.1 Å². The first kappa shape index (κ1) is 14.9. The molecule has 0 amide bonds. The van der Waals surface area contributed by atoms with E-state index in [1.165, 1.54) is 0 Å². The zero-order chi connectivity index (χ0) is 16.7. The number of hydrogen-bond donors (Lipinski definition) is 2.